The van der Waals surface area contributed by atoms with Crippen LogP contribution in [0.25, 0.3) is 0 Å². The van der Waals surface area contributed by atoms with Gasteiger partial charge >= 0.3 is 5.97 Å². The first-order valence-electron chi connectivity index (χ1n) is 5.21. The Kier molecular flexibility index (Phi) is 3.84. The lowest BCUT2D eigenvalue weighted by Crippen LogP contribution is -1.99. The molecule has 0 fully saturated rings. The molecular formula is C13H11NO3S. The van der Waals surface area contributed by atoms with Crippen molar-refractivity contribution in [2.45, 2.75) is 9.92 Å². The van der Waals surface area contributed by atoms with E-state index in [0.717, 1.165) is 5.03 Å². The Balaban J connectivity index is 2.38. The van der Waals surface area contributed by atoms with Gasteiger partial charge in [-0.15, -0.1) is 0 Å². The standard InChI is InChI=1S/C13H11NO3S/c1-17-9-5-6-10(13(15)16)11(8-9)18-12-4-2-3-7-14-12/h2-8H,1H3,(H,15,16). The van der Waals surface area contributed by atoms with Crippen LogP contribution in [-0.2, 0) is 0 Å². The summed E-state index contributed by atoms with van der Waals surface area (Å²) < 4.78 is 5.10. The number of nitrogens with zero attached hydrogens (tertiary/aromatic N) is 1. The lowest BCUT2D eigenvalue weighted by atomic mass is 10.2. The maximum Gasteiger partial charge on any atom is 0.336 e. The second-order valence-electron chi connectivity index (χ2n) is 3.44. The number of hydrogen-bond acceptors (Lipinski definition) is 4. The number of carboxylic acid groups (broad SMARTS) is 1. The van der Waals surface area contributed by atoms with Crippen molar-refractivity contribution < 1.29 is 14.6 Å². The van der Waals surface area contributed by atoms with Crippen LogP contribution in [0.2, 0.25) is 0 Å². The summed E-state index contributed by atoms with van der Waals surface area (Å²) in [6, 6.07) is 10.4. The van der Waals surface area contributed by atoms with E-state index < -0.39 is 5.97 Å². The van der Waals surface area contributed by atoms with Crippen LogP contribution in [0, 0.1) is 0 Å². The predicted molar refractivity (Wildman–Crippen MR) is 68.3 cm³/mol. The molecule has 18 heavy (non-hydrogen) atoms. The number of methoxy groups -OCH3 is 1. The van der Waals surface area contributed by atoms with Crippen molar-refractivity contribution in [1.29, 1.82) is 0 Å². The predicted octanol–water partition coefficient (Wildman–Crippen LogP) is 2.94. The molecule has 0 aliphatic rings. The highest BCUT2D eigenvalue weighted by Crippen LogP contribution is 2.31. The van der Waals surface area contributed by atoms with E-state index >= 15 is 0 Å². The third-order valence-corrected chi connectivity index (χ3v) is 3.28. The highest BCUT2D eigenvalue weighted by molar-refractivity contribution is 7.99. The van der Waals surface area contributed by atoms with Gasteiger partial charge in [0.05, 0.1) is 12.7 Å². The van der Waals surface area contributed by atoms with Gasteiger partial charge in [-0.1, -0.05) is 17.8 Å². The molecule has 92 valence electrons. The Bertz CT molecular complexity index is 557. The van der Waals surface area contributed by atoms with E-state index in [1.54, 1.807) is 25.4 Å². The minimum absolute atomic E-state index is 0.242. The minimum Gasteiger partial charge on any atom is -0.497 e. The van der Waals surface area contributed by atoms with Crippen molar-refractivity contribution >= 4 is 17.7 Å². The quantitative estimate of drug-likeness (QED) is 0.917. The normalized spacial score (nSPS) is 10.1. The van der Waals surface area contributed by atoms with Crippen LogP contribution in [0.4, 0.5) is 0 Å². The second-order valence-corrected chi connectivity index (χ2v) is 4.50. The van der Waals surface area contributed by atoms with Crippen molar-refractivity contribution in [3.63, 3.8) is 0 Å². The lowest BCUT2D eigenvalue weighted by molar-refractivity contribution is 0.0693. The maximum absolute atomic E-state index is 11.1. The number of aromatic carboxylic acids is 1. The first-order valence-corrected chi connectivity index (χ1v) is 6.02. The van der Waals surface area contributed by atoms with Gasteiger partial charge < -0.3 is 9.84 Å². The van der Waals surface area contributed by atoms with Crippen molar-refractivity contribution in [3.8, 4) is 5.75 Å². The molecule has 2 aromatic rings. The fraction of sp³-hybridized carbons (Fsp3) is 0.0769. The number of hydrogen-bond donors (Lipinski definition) is 1. The zero-order valence-electron chi connectivity index (χ0n) is 9.66. The Hall–Kier alpha value is -2.01. The van der Waals surface area contributed by atoms with Gasteiger partial charge in [0.1, 0.15) is 10.8 Å². The lowest BCUT2D eigenvalue weighted by Gasteiger charge is -2.07. The number of carboxylic acids is 1. The molecule has 0 radical (unpaired) electrons. The smallest absolute Gasteiger partial charge is 0.336 e. The Morgan fingerprint density at radius 2 is 2.17 bits per heavy atom. The summed E-state index contributed by atoms with van der Waals surface area (Å²) in [5.41, 5.74) is 0.242. The van der Waals surface area contributed by atoms with Gasteiger partial charge in [-0.3, -0.25) is 0 Å². The van der Waals surface area contributed by atoms with Gasteiger partial charge in [-0.05, 0) is 30.3 Å². The average Bonchev–Trinajstić information content (AvgIpc) is 2.39. The molecule has 2 rings (SSSR count). The van der Waals surface area contributed by atoms with E-state index in [9.17, 15) is 4.79 Å². The highest BCUT2D eigenvalue weighted by atomic mass is 32.2. The van der Waals surface area contributed by atoms with Gasteiger partial charge in [0.15, 0.2) is 0 Å². The largest absolute Gasteiger partial charge is 0.497 e. The molecule has 0 atom stereocenters. The fourth-order valence-electron chi connectivity index (χ4n) is 1.41. The zero-order chi connectivity index (χ0) is 13.0. The first-order chi connectivity index (χ1) is 8.70. The van der Waals surface area contributed by atoms with Crippen molar-refractivity contribution in [2.24, 2.45) is 0 Å². The SMILES string of the molecule is COc1ccc(C(=O)O)c(Sc2ccccn2)c1. The summed E-state index contributed by atoms with van der Waals surface area (Å²) >= 11 is 1.30. The Morgan fingerprint density at radius 3 is 2.78 bits per heavy atom. The maximum atomic E-state index is 11.1. The van der Waals surface area contributed by atoms with E-state index in [1.165, 1.54) is 17.8 Å². The molecule has 0 spiro atoms. The molecule has 0 amide bonds. The minimum atomic E-state index is -0.962. The van der Waals surface area contributed by atoms with Crippen LogP contribution in [0.15, 0.2) is 52.5 Å². The number of benzene rings is 1. The van der Waals surface area contributed by atoms with Gasteiger partial charge in [0, 0.05) is 11.1 Å². The molecule has 1 aromatic carbocycles. The molecular weight excluding hydrogens is 250 g/mol. The molecule has 1 heterocycles. The summed E-state index contributed by atoms with van der Waals surface area (Å²) in [4.78, 5) is 15.9. The van der Waals surface area contributed by atoms with Crippen molar-refractivity contribution in [1.82, 2.24) is 4.98 Å². The topological polar surface area (TPSA) is 59.4 Å². The van der Waals surface area contributed by atoms with Crippen LogP contribution < -0.4 is 4.74 Å². The molecule has 5 heteroatoms. The fourth-order valence-corrected chi connectivity index (χ4v) is 2.34. The number of rotatable bonds is 4. The number of aromatic nitrogens is 1. The summed E-state index contributed by atoms with van der Waals surface area (Å²) in [5.74, 6) is -0.338. The summed E-state index contributed by atoms with van der Waals surface area (Å²) in [7, 11) is 1.55. The van der Waals surface area contributed by atoms with Crippen LogP contribution in [0.3, 0.4) is 0 Å². The van der Waals surface area contributed by atoms with E-state index in [1.807, 2.05) is 18.2 Å². The van der Waals surface area contributed by atoms with E-state index in [0.29, 0.717) is 10.6 Å². The molecule has 0 saturated carbocycles. The third kappa shape index (κ3) is 2.81. The molecule has 0 saturated heterocycles. The van der Waals surface area contributed by atoms with Gasteiger partial charge in [-0.2, -0.15) is 0 Å². The van der Waals surface area contributed by atoms with Crippen molar-refractivity contribution in [3.05, 3.63) is 48.2 Å². The van der Waals surface area contributed by atoms with Crippen molar-refractivity contribution in [2.75, 3.05) is 7.11 Å². The molecule has 0 aliphatic carbocycles. The van der Waals surface area contributed by atoms with Gasteiger partial charge in [0.25, 0.3) is 0 Å². The molecule has 0 unspecified atom stereocenters. The number of ether oxygens (including phenoxy) is 1. The van der Waals surface area contributed by atoms with Crippen LogP contribution in [-0.4, -0.2) is 23.2 Å². The van der Waals surface area contributed by atoms with Crippen LogP contribution in [0.1, 0.15) is 10.4 Å². The van der Waals surface area contributed by atoms with Crippen LogP contribution >= 0.6 is 11.8 Å². The molecule has 0 bridgehead atoms. The van der Waals surface area contributed by atoms with Gasteiger partial charge in [0.2, 0.25) is 0 Å². The number of pyridine rings is 1. The monoisotopic (exact) mass is 261 g/mol. The van der Waals surface area contributed by atoms with Crippen LogP contribution in [0.5, 0.6) is 5.75 Å². The average molecular weight is 261 g/mol. The summed E-state index contributed by atoms with van der Waals surface area (Å²) in [6.45, 7) is 0. The number of carbonyl (C=O) groups is 1. The zero-order valence-corrected chi connectivity index (χ0v) is 10.5. The van der Waals surface area contributed by atoms with Gasteiger partial charge in [-0.25, -0.2) is 9.78 Å². The highest BCUT2D eigenvalue weighted by Gasteiger charge is 2.12. The van der Waals surface area contributed by atoms with E-state index in [2.05, 4.69) is 4.98 Å². The summed E-state index contributed by atoms with van der Waals surface area (Å²) in [5, 5.41) is 9.88. The first kappa shape index (κ1) is 12.4. The third-order valence-electron chi connectivity index (χ3n) is 2.27. The molecule has 0 aliphatic heterocycles. The molecule has 1 aromatic heterocycles. The Labute approximate surface area is 109 Å². The van der Waals surface area contributed by atoms with E-state index in [-0.39, 0.29) is 5.56 Å². The molecule has 4 nitrogen and oxygen atoms in total. The van der Waals surface area contributed by atoms with E-state index in [4.69, 9.17) is 9.84 Å². The second kappa shape index (κ2) is 5.55. The summed E-state index contributed by atoms with van der Waals surface area (Å²) in [6.07, 6.45) is 1.67. The Morgan fingerprint density at radius 1 is 1.33 bits per heavy atom. The molecule has 1 N–H and O–H groups in total.